The third-order valence-corrected chi connectivity index (χ3v) is 9.12. The molecule has 1 unspecified atom stereocenters. The molecule has 1 saturated heterocycles. The normalized spacial score (nSPS) is 19.1. The van der Waals surface area contributed by atoms with Crippen molar-refractivity contribution >= 4 is 0 Å². The molecule has 0 aliphatic carbocycles. The Balaban J connectivity index is 2.11. The summed E-state index contributed by atoms with van der Waals surface area (Å²) < 4.78 is 13.0. The molecular formula is C40H77NO2. The first-order chi connectivity index (χ1) is 21.1. The Labute approximate surface area is 271 Å². The van der Waals surface area contributed by atoms with Crippen LogP contribution in [-0.4, -0.2) is 44.0 Å². The van der Waals surface area contributed by atoms with E-state index < -0.39 is 0 Å². The molecule has 1 fully saturated rings. The summed E-state index contributed by atoms with van der Waals surface area (Å²) in [6.07, 6.45) is 47.0. The lowest BCUT2D eigenvalue weighted by atomic mass is 9.98. The smallest absolute Gasteiger partial charge is 0.168 e. The van der Waals surface area contributed by atoms with Gasteiger partial charge < -0.3 is 14.4 Å². The van der Waals surface area contributed by atoms with Crippen LogP contribution in [0, 0.1) is 0 Å². The van der Waals surface area contributed by atoms with Crippen molar-refractivity contribution < 1.29 is 9.47 Å². The molecular weight excluding hydrogens is 526 g/mol. The lowest BCUT2D eigenvalue weighted by Crippen LogP contribution is -2.33. The number of ether oxygens (including phenoxy) is 2. The minimum Gasteiger partial charge on any atom is -0.347 e. The van der Waals surface area contributed by atoms with E-state index in [-0.39, 0.29) is 11.9 Å². The van der Waals surface area contributed by atoms with Crippen molar-refractivity contribution in [2.45, 2.75) is 206 Å². The Hall–Kier alpha value is -0.640. The average molecular weight is 604 g/mol. The number of nitrogens with zero attached hydrogens (tertiary/aromatic N) is 1. The SMILES string of the molecule is CCCCCCCC=CCCCCCCCCC1(CCCCCCCCC=CCCCCCCC)OCC(CN(C)C)O1. The van der Waals surface area contributed by atoms with Gasteiger partial charge in [-0.3, -0.25) is 0 Å². The van der Waals surface area contributed by atoms with Gasteiger partial charge in [-0.2, -0.15) is 0 Å². The van der Waals surface area contributed by atoms with Gasteiger partial charge in [0.2, 0.25) is 0 Å². The van der Waals surface area contributed by atoms with Gasteiger partial charge in [-0.05, 0) is 78.3 Å². The van der Waals surface area contributed by atoms with Crippen LogP contribution in [0.5, 0.6) is 0 Å². The first-order valence-electron chi connectivity index (χ1n) is 19.4. The summed E-state index contributed by atoms with van der Waals surface area (Å²) in [7, 11) is 4.27. The molecule has 1 aliphatic heterocycles. The van der Waals surface area contributed by atoms with Crippen molar-refractivity contribution in [2.24, 2.45) is 0 Å². The molecule has 1 aliphatic rings. The largest absolute Gasteiger partial charge is 0.347 e. The average Bonchev–Trinajstić information content (AvgIpc) is 3.38. The van der Waals surface area contributed by atoms with E-state index in [1.165, 1.54) is 167 Å². The summed E-state index contributed by atoms with van der Waals surface area (Å²) in [6, 6.07) is 0. The monoisotopic (exact) mass is 604 g/mol. The van der Waals surface area contributed by atoms with E-state index in [4.69, 9.17) is 9.47 Å². The number of hydrogen-bond donors (Lipinski definition) is 0. The van der Waals surface area contributed by atoms with Crippen molar-refractivity contribution in [3.8, 4) is 0 Å². The summed E-state index contributed by atoms with van der Waals surface area (Å²) in [5.41, 5.74) is 0. The van der Waals surface area contributed by atoms with Crippen LogP contribution in [0.1, 0.15) is 194 Å². The Kier molecular flexibility index (Phi) is 28.2. The fraction of sp³-hybridized carbons (Fsp3) is 0.900. The highest BCUT2D eigenvalue weighted by molar-refractivity contribution is 4.83. The highest BCUT2D eigenvalue weighted by Gasteiger charge is 2.40. The van der Waals surface area contributed by atoms with Gasteiger partial charge in [-0.1, -0.05) is 141 Å². The lowest BCUT2D eigenvalue weighted by Gasteiger charge is -2.29. The molecule has 0 radical (unpaired) electrons. The van der Waals surface area contributed by atoms with Crippen molar-refractivity contribution in [3.05, 3.63) is 24.3 Å². The molecule has 0 aromatic rings. The van der Waals surface area contributed by atoms with Crippen LogP contribution < -0.4 is 0 Å². The molecule has 1 heterocycles. The van der Waals surface area contributed by atoms with Crippen LogP contribution in [0.15, 0.2) is 24.3 Å². The van der Waals surface area contributed by atoms with Gasteiger partial charge in [-0.15, -0.1) is 0 Å². The van der Waals surface area contributed by atoms with Gasteiger partial charge in [0.15, 0.2) is 5.79 Å². The second-order valence-electron chi connectivity index (χ2n) is 13.9. The van der Waals surface area contributed by atoms with Crippen LogP contribution in [0.2, 0.25) is 0 Å². The van der Waals surface area contributed by atoms with E-state index in [0.29, 0.717) is 0 Å². The van der Waals surface area contributed by atoms with E-state index in [1.54, 1.807) is 0 Å². The first kappa shape index (κ1) is 40.4. The van der Waals surface area contributed by atoms with E-state index in [1.807, 2.05) is 0 Å². The number of rotatable bonds is 32. The zero-order valence-corrected chi connectivity index (χ0v) is 29.9. The molecule has 0 aromatic heterocycles. The Morgan fingerprint density at radius 3 is 1.23 bits per heavy atom. The topological polar surface area (TPSA) is 21.7 Å². The molecule has 0 spiro atoms. The van der Waals surface area contributed by atoms with Gasteiger partial charge in [-0.25, -0.2) is 0 Å². The van der Waals surface area contributed by atoms with Crippen LogP contribution >= 0.6 is 0 Å². The maximum absolute atomic E-state index is 6.62. The number of likely N-dealkylation sites (N-methyl/N-ethyl adjacent to an activating group) is 1. The van der Waals surface area contributed by atoms with E-state index in [2.05, 4.69) is 57.1 Å². The van der Waals surface area contributed by atoms with Crippen LogP contribution in [0.3, 0.4) is 0 Å². The lowest BCUT2D eigenvalue weighted by molar-refractivity contribution is -0.180. The molecule has 3 heteroatoms. The van der Waals surface area contributed by atoms with Crippen molar-refractivity contribution in [3.63, 3.8) is 0 Å². The predicted molar refractivity (Wildman–Crippen MR) is 191 cm³/mol. The second kappa shape index (κ2) is 30.0. The van der Waals surface area contributed by atoms with Crippen molar-refractivity contribution in [1.29, 1.82) is 0 Å². The highest BCUT2D eigenvalue weighted by Crippen LogP contribution is 2.35. The molecule has 0 N–H and O–H groups in total. The Morgan fingerprint density at radius 2 is 0.860 bits per heavy atom. The van der Waals surface area contributed by atoms with Gasteiger partial charge in [0.05, 0.1) is 12.7 Å². The van der Waals surface area contributed by atoms with Crippen LogP contribution in [0.4, 0.5) is 0 Å². The fourth-order valence-corrected chi connectivity index (χ4v) is 6.43. The van der Waals surface area contributed by atoms with Gasteiger partial charge >= 0.3 is 0 Å². The Morgan fingerprint density at radius 1 is 0.512 bits per heavy atom. The molecule has 1 rings (SSSR count). The maximum atomic E-state index is 6.62. The molecule has 0 bridgehead atoms. The zero-order valence-electron chi connectivity index (χ0n) is 29.9. The Bertz CT molecular complexity index is 588. The first-order valence-corrected chi connectivity index (χ1v) is 19.4. The second-order valence-corrected chi connectivity index (χ2v) is 13.9. The standard InChI is InChI=1S/C40H77NO2/c1-5-7-9-11-13-15-17-19-21-23-25-27-29-31-33-35-40(42-38-39(43-40)37-41(3)4)36-34-32-30-28-26-24-22-20-18-16-14-12-10-8-6-2/h17-20,39H,5-16,21-38H2,1-4H3. The number of hydrogen-bond acceptors (Lipinski definition) is 3. The molecule has 254 valence electrons. The molecule has 3 nitrogen and oxygen atoms in total. The zero-order chi connectivity index (χ0) is 31.1. The third kappa shape index (κ3) is 25.3. The predicted octanol–water partition coefficient (Wildman–Crippen LogP) is 12.7. The quantitative estimate of drug-likeness (QED) is 0.0564. The molecule has 0 aromatic carbocycles. The number of allylic oxidation sites excluding steroid dienone is 4. The minimum atomic E-state index is -0.316. The van der Waals surface area contributed by atoms with E-state index in [0.717, 1.165) is 26.0 Å². The van der Waals surface area contributed by atoms with Crippen molar-refractivity contribution in [1.82, 2.24) is 4.90 Å². The maximum Gasteiger partial charge on any atom is 0.168 e. The van der Waals surface area contributed by atoms with E-state index in [9.17, 15) is 0 Å². The summed E-state index contributed by atoms with van der Waals surface area (Å²) in [4.78, 5) is 2.23. The molecule has 43 heavy (non-hydrogen) atoms. The summed E-state index contributed by atoms with van der Waals surface area (Å²) in [6.45, 7) is 6.30. The summed E-state index contributed by atoms with van der Waals surface area (Å²) in [5, 5.41) is 0. The highest BCUT2D eigenvalue weighted by atomic mass is 16.7. The molecule has 0 amide bonds. The molecule has 0 saturated carbocycles. The van der Waals surface area contributed by atoms with Gasteiger partial charge in [0, 0.05) is 19.4 Å². The summed E-state index contributed by atoms with van der Waals surface area (Å²) >= 11 is 0. The van der Waals surface area contributed by atoms with E-state index >= 15 is 0 Å². The third-order valence-electron chi connectivity index (χ3n) is 9.12. The van der Waals surface area contributed by atoms with Gasteiger partial charge in [0.25, 0.3) is 0 Å². The van der Waals surface area contributed by atoms with Crippen molar-refractivity contribution in [2.75, 3.05) is 27.2 Å². The summed E-state index contributed by atoms with van der Waals surface area (Å²) in [5.74, 6) is -0.316. The van der Waals surface area contributed by atoms with Gasteiger partial charge in [0.1, 0.15) is 0 Å². The fourth-order valence-electron chi connectivity index (χ4n) is 6.43. The van der Waals surface area contributed by atoms with Crippen LogP contribution in [0.25, 0.3) is 0 Å². The van der Waals surface area contributed by atoms with Crippen LogP contribution in [-0.2, 0) is 9.47 Å². The minimum absolute atomic E-state index is 0.226. The number of unbranched alkanes of at least 4 members (excludes halogenated alkanes) is 22. The molecule has 1 atom stereocenters.